The quantitative estimate of drug-likeness (QED) is 0.464. The maximum Gasteiger partial charge on any atom is 0.138 e. The van der Waals surface area contributed by atoms with E-state index in [0.717, 1.165) is 23.2 Å². The van der Waals surface area contributed by atoms with Crippen LogP contribution in [0.1, 0.15) is 23.6 Å². The monoisotopic (exact) mass is 367 g/mol. The van der Waals surface area contributed by atoms with Crippen LogP contribution in [-0.2, 0) is 13.0 Å². The van der Waals surface area contributed by atoms with Crippen molar-refractivity contribution in [3.05, 3.63) is 94.3 Å². The van der Waals surface area contributed by atoms with Crippen molar-refractivity contribution in [1.29, 1.82) is 0 Å². The molecule has 0 saturated heterocycles. The van der Waals surface area contributed by atoms with Crippen molar-refractivity contribution in [1.82, 2.24) is 0 Å². The van der Waals surface area contributed by atoms with Crippen molar-refractivity contribution in [3.63, 3.8) is 0 Å². The maximum absolute atomic E-state index is 13.2. The van der Waals surface area contributed by atoms with E-state index in [-0.39, 0.29) is 12.4 Å². The summed E-state index contributed by atoms with van der Waals surface area (Å²) < 4.78 is 18.9. The van der Waals surface area contributed by atoms with Crippen molar-refractivity contribution in [3.8, 4) is 5.75 Å². The molecule has 0 fully saturated rings. The van der Waals surface area contributed by atoms with Gasteiger partial charge in [0.15, 0.2) is 0 Å². The molecule has 0 amide bonds. The van der Waals surface area contributed by atoms with Crippen LogP contribution in [-0.4, -0.2) is 6.21 Å². The van der Waals surface area contributed by atoms with Crippen molar-refractivity contribution >= 4 is 23.5 Å². The number of hydrogen-bond acceptors (Lipinski definition) is 2. The fourth-order valence-corrected chi connectivity index (χ4v) is 2.71. The zero-order valence-electron chi connectivity index (χ0n) is 14.5. The van der Waals surface area contributed by atoms with Crippen LogP contribution in [0.15, 0.2) is 71.7 Å². The Bertz CT molecular complexity index is 906. The van der Waals surface area contributed by atoms with E-state index in [4.69, 9.17) is 16.3 Å². The van der Waals surface area contributed by atoms with E-state index in [9.17, 15) is 4.39 Å². The minimum atomic E-state index is -0.282. The third kappa shape index (κ3) is 4.93. The average Bonchev–Trinajstić information content (AvgIpc) is 2.66. The number of halogens is 2. The van der Waals surface area contributed by atoms with Crippen LogP contribution in [0.25, 0.3) is 0 Å². The predicted octanol–water partition coefficient (Wildman–Crippen LogP) is 6.37. The lowest BCUT2D eigenvalue weighted by atomic mass is 10.1. The van der Waals surface area contributed by atoms with E-state index in [1.807, 2.05) is 24.3 Å². The van der Waals surface area contributed by atoms with Crippen molar-refractivity contribution in [2.45, 2.75) is 20.0 Å². The van der Waals surface area contributed by atoms with Crippen molar-refractivity contribution < 1.29 is 9.13 Å². The fourth-order valence-electron chi connectivity index (χ4n) is 2.47. The number of hydrogen-bond donors (Lipinski definition) is 0. The number of rotatable bonds is 6. The first-order valence-electron chi connectivity index (χ1n) is 8.44. The minimum absolute atomic E-state index is 0.259. The lowest BCUT2D eigenvalue weighted by Crippen LogP contribution is -1.97. The number of ether oxygens (including phenoxy) is 1. The van der Waals surface area contributed by atoms with Crippen LogP contribution in [0, 0.1) is 5.82 Å². The molecule has 0 aliphatic rings. The Labute approximate surface area is 157 Å². The normalized spacial score (nSPS) is 11.0. The first-order valence-corrected chi connectivity index (χ1v) is 8.81. The minimum Gasteiger partial charge on any atom is -0.487 e. The molecule has 0 aliphatic heterocycles. The van der Waals surface area contributed by atoms with Gasteiger partial charge in [-0.1, -0.05) is 42.8 Å². The van der Waals surface area contributed by atoms with Gasteiger partial charge in [-0.15, -0.1) is 0 Å². The van der Waals surface area contributed by atoms with Crippen LogP contribution in [0.4, 0.5) is 10.1 Å². The lowest BCUT2D eigenvalue weighted by molar-refractivity contribution is 0.306. The number of aryl methyl sites for hydroxylation is 1. The second-order valence-electron chi connectivity index (χ2n) is 5.89. The molecule has 0 N–H and O–H groups in total. The standard InChI is InChI=1S/C22H19ClFNO/c1-2-16-6-9-20(10-7-16)25-14-17-8-11-22(21(23)13-17)26-15-18-4-3-5-19(24)12-18/h3-14H,2,15H2,1H3. The first kappa shape index (κ1) is 18.2. The first-order chi connectivity index (χ1) is 12.6. The van der Waals surface area contributed by atoms with Crippen LogP contribution in [0.2, 0.25) is 5.02 Å². The molecule has 0 bridgehead atoms. The highest BCUT2D eigenvalue weighted by molar-refractivity contribution is 6.32. The molecule has 0 radical (unpaired) electrons. The molecule has 0 heterocycles. The van der Waals surface area contributed by atoms with Crippen LogP contribution in [0.5, 0.6) is 5.75 Å². The van der Waals surface area contributed by atoms with Gasteiger partial charge in [-0.2, -0.15) is 0 Å². The molecule has 3 rings (SSSR count). The molecular formula is C22H19ClFNO. The van der Waals surface area contributed by atoms with Crippen LogP contribution >= 0.6 is 11.6 Å². The molecule has 0 spiro atoms. The molecule has 0 aliphatic carbocycles. The Hall–Kier alpha value is -2.65. The Morgan fingerprint density at radius 1 is 1.00 bits per heavy atom. The Morgan fingerprint density at radius 2 is 1.81 bits per heavy atom. The highest BCUT2D eigenvalue weighted by Gasteiger charge is 2.04. The Morgan fingerprint density at radius 3 is 2.50 bits per heavy atom. The fraction of sp³-hybridized carbons (Fsp3) is 0.136. The Balaban J connectivity index is 1.65. The van der Waals surface area contributed by atoms with E-state index in [0.29, 0.717) is 10.8 Å². The smallest absolute Gasteiger partial charge is 0.138 e. The second-order valence-corrected chi connectivity index (χ2v) is 6.29. The highest BCUT2D eigenvalue weighted by atomic mass is 35.5. The van der Waals surface area contributed by atoms with Crippen molar-refractivity contribution in [2.75, 3.05) is 0 Å². The molecule has 0 aromatic heterocycles. The molecule has 0 unspecified atom stereocenters. The van der Waals surface area contributed by atoms with E-state index >= 15 is 0 Å². The molecule has 132 valence electrons. The molecule has 0 atom stereocenters. The highest BCUT2D eigenvalue weighted by Crippen LogP contribution is 2.26. The largest absolute Gasteiger partial charge is 0.487 e. The number of aliphatic imine (C=N–C) groups is 1. The van der Waals surface area contributed by atoms with Gasteiger partial charge in [0.05, 0.1) is 10.7 Å². The predicted molar refractivity (Wildman–Crippen MR) is 105 cm³/mol. The summed E-state index contributed by atoms with van der Waals surface area (Å²) in [5.74, 6) is 0.274. The van der Waals surface area contributed by atoms with Gasteiger partial charge in [-0.25, -0.2) is 4.39 Å². The third-order valence-corrected chi connectivity index (χ3v) is 4.24. The summed E-state index contributed by atoms with van der Waals surface area (Å²) in [5.41, 5.74) is 3.81. The van der Waals surface area contributed by atoms with Gasteiger partial charge >= 0.3 is 0 Å². The molecule has 3 aromatic rings. The molecule has 2 nitrogen and oxygen atoms in total. The zero-order chi connectivity index (χ0) is 18.4. The molecule has 3 aromatic carbocycles. The van der Waals surface area contributed by atoms with E-state index in [2.05, 4.69) is 24.0 Å². The van der Waals surface area contributed by atoms with Gasteiger partial charge in [0, 0.05) is 6.21 Å². The SMILES string of the molecule is CCc1ccc(N=Cc2ccc(OCc3cccc(F)c3)c(Cl)c2)cc1. The summed E-state index contributed by atoms with van der Waals surface area (Å²) in [4.78, 5) is 4.46. The van der Waals surface area contributed by atoms with Gasteiger partial charge in [0.25, 0.3) is 0 Å². The summed E-state index contributed by atoms with van der Waals surface area (Å²) in [6.45, 7) is 2.38. The van der Waals surface area contributed by atoms with Crippen LogP contribution in [0.3, 0.4) is 0 Å². The molecule has 4 heteroatoms. The van der Waals surface area contributed by atoms with Crippen LogP contribution < -0.4 is 4.74 Å². The van der Waals surface area contributed by atoms with Gasteiger partial charge < -0.3 is 4.74 Å². The maximum atomic E-state index is 13.2. The van der Waals surface area contributed by atoms with E-state index < -0.39 is 0 Å². The summed E-state index contributed by atoms with van der Waals surface area (Å²) in [5, 5.41) is 0.492. The summed E-state index contributed by atoms with van der Waals surface area (Å²) in [6.07, 6.45) is 2.78. The van der Waals surface area contributed by atoms with E-state index in [1.165, 1.54) is 17.7 Å². The Kier molecular flexibility index (Phi) is 6.03. The molecule has 0 saturated carbocycles. The average molecular weight is 368 g/mol. The molecule has 26 heavy (non-hydrogen) atoms. The van der Waals surface area contributed by atoms with E-state index in [1.54, 1.807) is 24.4 Å². The van der Waals surface area contributed by atoms with Gasteiger partial charge in [-0.3, -0.25) is 4.99 Å². The zero-order valence-corrected chi connectivity index (χ0v) is 15.2. The van der Waals surface area contributed by atoms with Crippen molar-refractivity contribution in [2.24, 2.45) is 4.99 Å². The van der Waals surface area contributed by atoms with Gasteiger partial charge in [0.1, 0.15) is 18.2 Å². The lowest BCUT2D eigenvalue weighted by Gasteiger charge is -2.08. The summed E-state index contributed by atoms with van der Waals surface area (Å²) in [6, 6.07) is 19.9. The van der Waals surface area contributed by atoms with Gasteiger partial charge in [-0.05, 0) is 65.6 Å². The molecular weight excluding hydrogens is 349 g/mol. The number of benzene rings is 3. The van der Waals surface area contributed by atoms with Gasteiger partial charge in [0.2, 0.25) is 0 Å². The number of nitrogens with zero attached hydrogens (tertiary/aromatic N) is 1. The second kappa shape index (κ2) is 8.63. The third-order valence-electron chi connectivity index (χ3n) is 3.95. The summed E-state index contributed by atoms with van der Waals surface area (Å²) >= 11 is 6.29. The topological polar surface area (TPSA) is 21.6 Å². The summed E-state index contributed by atoms with van der Waals surface area (Å²) in [7, 11) is 0.